The maximum absolute atomic E-state index is 12.5. The zero-order chi connectivity index (χ0) is 49.3. The minimum absolute atomic E-state index is 0.0272. The molecule has 0 aromatic carbocycles. The molecule has 3 N–H and O–H groups in total. The summed E-state index contributed by atoms with van der Waals surface area (Å²) in [4.78, 5) is 24.6. The average molecular weight is 959 g/mol. The smallest absolute Gasteiger partial charge is 0.305 e. The number of carbonyl (C=O) groups is 2. The van der Waals surface area contributed by atoms with E-state index < -0.39 is 12.1 Å². The molecule has 68 heavy (non-hydrogen) atoms. The number of aliphatic hydroxyl groups is 2. The van der Waals surface area contributed by atoms with Crippen molar-refractivity contribution in [3.8, 4) is 0 Å². The molecule has 2 unspecified atom stereocenters. The van der Waals surface area contributed by atoms with Gasteiger partial charge in [0.05, 0.1) is 25.4 Å². The van der Waals surface area contributed by atoms with E-state index in [1.807, 2.05) is 6.08 Å². The fourth-order valence-corrected chi connectivity index (χ4v) is 9.51. The van der Waals surface area contributed by atoms with Crippen molar-refractivity contribution in [1.82, 2.24) is 5.32 Å². The Morgan fingerprint density at radius 3 is 1.04 bits per heavy atom. The molecule has 0 bridgehead atoms. The molecule has 6 nitrogen and oxygen atoms in total. The van der Waals surface area contributed by atoms with Crippen LogP contribution >= 0.6 is 0 Å². The topological polar surface area (TPSA) is 95.9 Å². The van der Waals surface area contributed by atoms with E-state index in [1.54, 1.807) is 6.08 Å². The first-order chi connectivity index (χ1) is 33.5. The van der Waals surface area contributed by atoms with Gasteiger partial charge in [0, 0.05) is 12.8 Å². The standard InChI is InChI=1S/C62H119NO5/c1-3-5-7-9-11-13-15-17-19-21-22-23-24-25-26-27-28-29-30-32-34-38-42-46-50-54-60(65)59(58-64)63-61(66)55-51-47-43-39-36-37-41-45-49-53-57-68-62(67)56-52-48-44-40-35-33-31-20-18-16-14-12-10-8-6-4-2/h20,31,50,54,59-60,64-65H,3-19,21-30,32-49,51-53,55-58H2,1-2H3,(H,63,66)/b31-20-,54-50+. The minimum Gasteiger partial charge on any atom is -0.466 e. The van der Waals surface area contributed by atoms with Gasteiger partial charge in [0.15, 0.2) is 0 Å². The number of aliphatic hydroxyl groups excluding tert-OH is 2. The molecule has 0 aliphatic carbocycles. The van der Waals surface area contributed by atoms with Gasteiger partial charge in [-0.25, -0.2) is 0 Å². The van der Waals surface area contributed by atoms with Crippen LogP contribution in [0, 0.1) is 0 Å². The Morgan fingerprint density at radius 2 is 0.691 bits per heavy atom. The number of carbonyl (C=O) groups excluding carboxylic acids is 2. The highest BCUT2D eigenvalue weighted by molar-refractivity contribution is 5.76. The Balaban J connectivity index is 3.49. The SMILES string of the molecule is CCCCCCCCC/C=C\CCCCCCCC(=O)OCCCCCCCCCCCCC(=O)NC(CO)C(O)/C=C/CCCCCCCCCCCCCCCCCCCCCCCCC. The van der Waals surface area contributed by atoms with Gasteiger partial charge in [-0.05, 0) is 57.8 Å². The molecule has 0 saturated heterocycles. The molecule has 0 rings (SSSR count). The van der Waals surface area contributed by atoms with Crippen LogP contribution < -0.4 is 5.32 Å². The summed E-state index contributed by atoms with van der Waals surface area (Å²) in [7, 11) is 0. The fourth-order valence-electron chi connectivity index (χ4n) is 9.51. The zero-order valence-corrected chi connectivity index (χ0v) is 45.9. The Bertz CT molecular complexity index is 1060. The van der Waals surface area contributed by atoms with Crippen LogP contribution in [0.2, 0.25) is 0 Å². The van der Waals surface area contributed by atoms with Crippen LogP contribution in [0.5, 0.6) is 0 Å². The van der Waals surface area contributed by atoms with Gasteiger partial charge in [0.1, 0.15) is 0 Å². The third kappa shape index (κ3) is 53.7. The predicted molar refractivity (Wildman–Crippen MR) is 296 cm³/mol. The number of allylic oxidation sites excluding steroid dienone is 3. The van der Waals surface area contributed by atoms with Gasteiger partial charge in [0.25, 0.3) is 0 Å². The quantitative estimate of drug-likeness (QED) is 0.0321. The summed E-state index contributed by atoms with van der Waals surface area (Å²) >= 11 is 0. The largest absolute Gasteiger partial charge is 0.466 e. The molecule has 0 aliphatic heterocycles. The highest BCUT2D eigenvalue weighted by atomic mass is 16.5. The Kier molecular flexibility index (Phi) is 56.5. The maximum Gasteiger partial charge on any atom is 0.305 e. The van der Waals surface area contributed by atoms with Crippen LogP contribution in [0.15, 0.2) is 24.3 Å². The van der Waals surface area contributed by atoms with Crippen molar-refractivity contribution in [2.45, 2.75) is 347 Å². The van der Waals surface area contributed by atoms with Crippen molar-refractivity contribution in [1.29, 1.82) is 0 Å². The van der Waals surface area contributed by atoms with Gasteiger partial charge in [-0.2, -0.15) is 0 Å². The average Bonchev–Trinajstić information content (AvgIpc) is 3.34. The lowest BCUT2D eigenvalue weighted by Crippen LogP contribution is -2.45. The molecule has 0 aromatic heterocycles. The summed E-state index contributed by atoms with van der Waals surface area (Å²) in [6, 6.07) is -0.646. The molecular weight excluding hydrogens is 839 g/mol. The number of nitrogens with one attached hydrogen (secondary N) is 1. The highest BCUT2D eigenvalue weighted by Gasteiger charge is 2.18. The van der Waals surface area contributed by atoms with Gasteiger partial charge < -0.3 is 20.3 Å². The molecule has 0 aromatic rings. The van der Waals surface area contributed by atoms with E-state index in [0.717, 1.165) is 57.8 Å². The van der Waals surface area contributed by atoms with E-state index in [0.29, 0.717) is 19.4 Å². The van der Waals surface area contributed by atoms with Gasteiger partial charge in [-0.1, -0.05) is 289 Å². The van der Waals surface area contributed by atoms with Crippen molar-refractivity contribution in [3.05, 3.63) is 24.3 Å². The van der Waals surface area contributed by atoms with Crippen LogP contribution in [-0.2, 0) is 14.3 Å². The molecule has 0 fully saturated rings. The first-order valence-corrected chi connectivity index (χ1v) is 30.6. The van der Waals surface area contributed by atoms with Gasteiger partial charge in [-0.15, -0.1) is 0 Å². The molecule has 1 amide bonds. The summed E-state index contributed by atoms with van der Waals surface area (Å²) in [5.41, 5.74) is 0. The second kappa shape index (κ2) is 57.9. The first kappa shape index (κ1) is 66.3. The van der Waals surface area contributed by atoms with Crippen molar-refractivity contribution in [2.75, 3.05) is 13.2 Å². The molecule has 6 heteroatoms. The zero-order valence-electron chi connectivity index (χ0n) is 45.9. The van der Waals surface area contributed by atoms with Crippen molar-refractivity contribution < 1.29 is 24.5 Å². The van der Waals surface area contributed by atoms with Crippen LogP contribution in [0.3, 0.4) is 0 Å². The summed E-state index contributed by atoms with van der Waals surface area (Å²) in [6.07, 6.45) is 70.7. The van der Waals surface area contributed by atoms with Crippen molar-refractivity contribution in [3.63, 3.8) is 0 Å². The Labute approximate surface area is 424 Å². The van der Waals surface area contributed by atoms with Crippen LogP contribution in [0.25, 0.3) is 0 Å². The van der Waals surface area contributed by atoms with E-state index in [4.69, 9.17) is 4.74 Å². The predicted octanol–water partition coefficient (Wildman–Crippen LogP) is 19.0. The van der Waals surface area contributed by atoms with E-state index in [2.05, 4.69) is 31.3 Å². The summed E-state index contributed by atoms with van der Waals surface area (Å²) in [6.45, 7) is 4.87. The molecule has 0 radical (unpaired) electrons. The van der Waals surface area contributed by atoms with Crippen LogP contribution in [0.1, 0.15) is 335 Å². The molecule has 2 atom stereocenters. The Morgan fingerprint density at radius 1 is 0.397 bits per heavy atom. The minimum atomic E-state index is -0.861. The van der Waals surface area contributed by atoms with E-state index in [9.17, 15) is 19.8 Å². The van der Waals surface area contributed by atoms with Crippen LogP contribution in [0.4, 0.5) is 0 Å². The lowest BCUT2D eigenvalue weighted by Gasteiger charge is -2.20. The van der Waals surface area contributed by atoms with E-state index >= 15 is 0 Å². The molecule has 0 heterocycles. The number of unbranched alkanes of at least 4 members (excludes halogenated alkanes) is 44. The number of hydrogen-bond acceptors (Lipinski definition) is 5. The van der Waals surface area contributed by atoms with E-state index in [-0.39, 0.29) is 18.5 Å². The molecular formula is C62H119NO5. The van der Waals surface area contributed by atoms with Gasteiger partial charge >= 0.3 is 5.97 Å². The summed E-state index contributed by atoms with van der Waals surface area (Å²) in [5.74, 6) is -0.115. The number of hydrogen-bond donors (Lipinski definition) is 3. The monoisotopic (exact) mass is 958 g/mol. The number of rotatable bonds is 57. The third-order valence-corrected chi connectivity index (χ3v) is 14.2. The van der Waals surface area contributed by atoms with Crippen LogP contribution in [-0.4, -0.2) is 47.4 Å². The second-order valence-electron chi connectivity index (χ2n) is 21.0. The molecule has 0 saturated carbocycles. The lowest BCUT2D eigenvalue weighted by molar-refractivity contribution is -0.143. The van der Waals surface area contributed by atoms with Gasteiger partial charge in [-0.3, -0.25) is 9.59 Å². The Hall–Kier alpha value is -1.66. The fraction of sp³-hybridized carbons (Fsp3) is 0.903. The molecule has 0 spiro atoms. The number of amides is 1. The van der Waals surface area contributed by atoms with Gasteiger partial charge in [0.2, 0.25) is 5.91 Å². The number of ether oxygens (including phenoxy) is 1. The highest BCUT2D eigenvalue weighted by Crippen LogP contribution is 2.17. The number of esters is 1. The van der Waals surface area contributed by atoms with Crippen molar-refractivity contribution >= 4 is 11.9 Å². The summed E-state index contributed by atoms with van der Waals surface area (Å²) < 4.78 is 5.46. The third-order valence-electron chi connectivity index (χ3n) is 14.2. The maximum atomic E-state index is 12.5. The lowest BCUT2D eigenvalue weighted by atomic mass is 10.0. The normalized spacial score (nSPS) is 12.7. The first-order valence-electron chi connectivity index (χ1n) is 30.6. The van der Waals surface area contributed by atoms with Crippen molar-refractivity contribution in [2.24, 2.45) is 0 Å². The molecule has 402 valence electrons. The summed E-state index contributed by atoms with van der Waals surface area (Å²) in [5, 5.41) is 23.2. The second-order valence-corrected chi connectivity index (χ2v) is 21.0. The molecule has 0 aliphatic rings. The van der Waals surface area contributed by atoms with E-state index in [1.165, 1.54) is 250 Å².